The van der Waals surface area contributed by atoms with Crippen LogP contribution in [0.5, 0.6) is 0 Å². The zero-order valence-corrected chi connectivity index (χ0v) is 8.70. The van der Waals surface area contributed by atoms with Crippen LogP contribution in [0.15, 0.2) is 0 Å². The third-order valence-corrected chi connectivity index (χ3v) is 0. The van der Waals surface area contributed by atoms with E-state index in [0.717, 1.165) is 0 Å². The fourth-order valence-corrected chi connectivity index (χ4v) is 0. The molecule has 0 aliphatic carbocycles. The predicted molar refractivity (Wildman–Crippen MR) is 48.0 cm³/mol. The largest absolute Gasteiger partial charge is 0.264 e. The highest BCUT2D eigenvalue weighted by Crippen LogP contribution is 2.34. The first-order chi connectivity index (χ1) is 2.24. The Morgan fingerprint density at radius 1 is 1.33 bits per heavy atom. The molecule has 0 fully saturated rings. The minimum Gasteiger partial charge on any atom is -0.264 e. The van der Waals surface area contributed by atoms with E-state index in [9.17, 15) is 4.21 Å². The number of halogens is 2. The van der Waals surface area contributed by atoms with Crippen LogP contribution >= 0.6 is 42.4 Å². The van der Waals surface area contributed by atoms with Crippen molar-refractivity contribution in [1.29, 1.82) is 0 Å². The average Bonchev–Trinajstić information content (AvgIpc) is 0.650. The predicted octanol–water partition coefficient (Wildman–Crippen LogP) is 1.77. The molecule has 0 aromatic carbocycles. The Labute approximate surface area is 61.8 Å². The van der Waals surface area contributed by atoms with Crippen LogP contribution in [-0.2, 0) is 3.41 Å². The summed E-state index contributed by atoms with van der Waals surface area (Å²) in [5.74, 6) is 0. The van der Waals surface area contributed by atoms with E-state index >= 15 is 0 Å². The van der Waals surface area contributed by atoms with Crippen molar-refractivity contribution in [2.24, 2.45) is 0 Å². The summed E-state index contributed by atoms with van der Waals surface area (Å²) in [4.78, 5) is 0. The van der Waals surface area contributed by atoms with Gasteiger partial charge in [-0.05, 0) is 3.41 Å². The summed E-state index contributed by atoms with van der Waals surface area (Å²) in [5, 5.41) is 0. The third kappa shape index (κ3) is 46.0. The van der Waals surface area contributed by atoms with Crippen molar-refractivity contribution in [3.63, 3.8) is 0 Å². The normalized spacial score (nSPS) is 19.0. The van der Waals surface area contributed by atoms with E-state index in [0.29, 0.717) is 0 Å². The Hall–Kier alpha value is 1.61. The first-order valence-electron chi connectivity index (χ1n) is 1.29. The molecule has 1 nitrogen and oxygen atoms in total. The van der Waals surface area contributed by atoms with Crippen LogP contribution in [0.1, 0.15) is 0 Å². The maximum absolute atomic E-state index is 10.8. The van der Waals surface area contributed by atoms with Gasteiger partial charge in [-0.1, -0.05) is 0 Å². The molecule has 40 valence electrons. The lowest BCUT2D eigenvalue weighted by molar-refractivity contribution is 0.688. The molecule has 0 amide bonds. The first-order valence-corrected chi connectivity index (χ1v) is 9.16. The van der Waals surface area contributed by atoms with E-state index in [4.69, 9.17) is 0 Å². The molecule has 0 aliphatic heterocycles. The molecular weight excluding hydrogens is 326 g/mol. The van der Waals surface area contributed by atoms with Gasteiger partial charge in [-0.25, -0.2) is 0 Å². The molecule has 0 aromatic heterocycles. The van der Waals surface area contributed by atoms with Crippen LogP contribution in [-0.4, -0.2) is 16.7 Å². The van der Waals surface area contributed by atoms with Gasteiger partial charge in [-0.3, -0.25) is 4.21 Å². The van der Waals surface area contributed by atoms with Gasteiger partial charge in [0.05, 0.1) is 0 Å². The van der Waals surface area contributed by atoms with Crippen LogP contribution in [0.25, 0.3) is 0 Å². The van der Waals surface area contributed by atoms with Gasteiger partial charge >= 0.3 is 0 Å². The summed E-state index contributed by atoms with van der Waals surface area (Å²) in [6, 6.07) is 0. The van der Waals surface area contributed by atoms with E-state index in [1.54, 1.807) is 12.5 Å². The fourth-order valence-electron chi connectivity index (χ4n) is 0. The maximum atomic E-state index is 10.8. The lowest BCUT2D eigenvalue weighted by Crippen LogP contribution is -2.05. The van der Waals surface area contributed by atoms with Crippen molar-refractivity contribution in [3.8, 4) is 0 Å². The summed E-state index contributed by atoms with van der Waals surface area (Å²) >= 11 is 3.90. The fraction of sp³-hybridized carbons (Fsp3) is 1.00. The highest BCUT2D eigenvalue weighted by atomic mass is 127. The summed E-state index contributed by atoms with van der Waals surface area (Å²) < 4.78 is 8.60. The van der Waals surface area contributed by atoms with Crippen LogP contribution in [0, 0.1) is 0 Å². The molecule has 0 radical (unpaired) electrons. The standard InChI is InChI=1S/C2H6I2OS/c1-6(2,3,4)5/h1-2H3. The lowest BCUT2D eigenvalue weighted by Gasteiger charge is -2.13. The molecule has 0 saturated carbocycles. The van der Waals surface area contributed by atoms with Crippen molar-refractivity contribution in [2.75, 3.05) is 12.5 Å². The Morgan fingerprint density at radius 2 is 1.33 bits per heavy atom. The molecular formula is C2H6I2OS. The summed E-state index contributed by atoms with van der Waals surface area (Å²) in [6.07, 6.45) is 3.47. The molecule has 0 heterocycles. The van der Waals surface area contributed by atoms with Gasteiger partial charge in [0.2, 0.25) is 0 Å². The van der Waals surface area contributed by atoms with E-state index in [1.165, 1.54) is 0 Å². The minimum atomic E-state index is -2.16. The SMILES string of the molecule is CS(C)(=O)(I)I. The second-order valence-corrected chi connectivity index (χ2v) is 25.1. The minimum absolute atomic E-state index is 1.73. The molecule has 0 bridgehead atoms. The van der Waals surface area contributed by atoms with Gasteiger partial charge in [0.15, 0.2) is 0 Å². The molecule has 0 aromatic rings. The third-order valence-electron chi connectivity index (χ3n) is 0. The van der Waals surface area contributed by atoms with Crippen LogP contribution in [0.4, 0.5) is 0 Å². The summed E-state index contributed by atoms with van der Waals surface area (Å²) in [6.45, 7) is 0. The molecule has 6 heavy (non-hydrogen) atoms. The van der Waals surface area contributed by atoms with Crippen molar-refractivity contribution in [2.45, 2.75) is 0 Å². The van der Waals surface area contributed by atoms with Gasteiger partial charge < -0.3 is 0 Å². The zero-order chi connectivity index (χ0) is 5.45. The highest BCUT2D eigenvalue weighted by Gasteiger charge is 2.11. The number of hydrogen-bond acceptors (Lipinski definition) is 1. The summed E-state index contributed by atoms with van der Waals surface area (Å²) in [5.41, 5.74) is 0. The second kappa shape index (κ2) is 1.54. The van der Waals surface area contributed by atoms with Gasteiger partial charge in [0.1, 0.15) is 0 Å². The number of hydrogen-bond donors (Lipinski definition) is 0. The Morgan fingerprint density at radius 3 is 1.33 bits per heavy atom. The van der Waals surface area contributed by atoms with Crippen molar-refractivity contribution in [1.82, 2.24) is 0 Å². The van der Waals surface area contributed by atoms with Gasteiger partial charge in [-0.15, -0.1) is 0 Å². The first kappa shape index (κ1) is 7.61. The maximum Gasteiger partial charge on any atom is 0.0161 e. The van der Waals surface area contributed by atoms with E-state index in [2.05, 4.69) is 0 Å². The lowest BCUT2D eigenvalue weighted by atomic mass is 11.9. The van der Waals surface area contributed by atoms with E-state index < -0.39 is 3.41 Å². The molecule has 0 spiro atoms. The Kier molecular flexibility index (Phi) is 1.96. The topological polar surface area (TPSA) is 17.1 Å². The number of rotatable bonds is 0. The monoisotopic (exact) mass is 332 g/mol. The highest BCUT2D eigenvalue weighted by molar-refractivity contribution is 14.3. The van der Waals surface area contributed by atoms with Gasteiger partial charge in [0.25, 0.3) is 0 Å². The second-order valence-electron chi connectivity index (χ2n) is 1.54. The average molecular weight is 332 g/mol. The van der Waals surface area contributed by atoms with Crippen LogP contribution in [0.2, 0.25) is 0 Å². The van der Waals surface area contributed by atoms with Gasteiger partial charge in [-0.2, -0.15) is 0 Å². The van der Waals surface area contributed by atoms with Crippen LogP contribution in [0.3, 0.4) is 0 Å². The summed E-state index contributed by atoms with van der Waals surface area (Å²) in [7, 11) is 0. The molecule has 0 atom stereocenters. The van der Waals surface area contributed by atoms with Crippen molar-refractivity contribution in [3.05, 3.63) is 0 Å². The smallest absolute Gasteiger partial charge is 0.0161 e. The van der Waals surface area contributed by atoms with Crippen molar-refractivity contribution >= 4 is 45.8 Å². The van der Waals surface area contributed by atoms with E-state index in [1.807, 2.05) is 42.4 Å². The molecule has 0 aliphatic rings. The quantitative estimate of drug-likeness (QED) is 0.488. The molecule has 0 N–H and O–H groups in total. The molecule has 0 rings (SSSR count). The Balaban J connectivity index is 4.16. The van der Waals surface area contributed by atoms with Crippen LogP contribution < -0.4 is 0 Å². The van der Waals surface area contributed by atoms with Crippen molar-refractivity contribution < 1.29 is 4.21 Å². The molecule has 4 heteroatoms. The Bertz CT molecular complexity index is 89.2. The zero-order valence-electron chi connectivity index (χ0n) is 3.57. The molecule has 0 unspecified atom stereocenters. The van der Waals surface area contributed by atoms with Gasteiger partial charge in [0, 0.05) is 54.9 Å². The van der Waals surface area contributed by atoms with E-state index in [-0.39, 0.29) is 0 Å². The molecule has 0 saturated heterocycles.